The van der Waals surface area contributed by atoms with Crippen molar-refractivity contribution in [2.24, 2.45) is 0 Å². The number of anilines is 1. The molecule has 1 aliphatic rings. The normalized spacial score (nSPS) is 16.4. The first kappa shape index (κ1) is 22.8. The van der Waals surface area contributed by atoms with Gasteiger partial charge >= 0.3 is 12.1 Å². The maximum atomic E-state index is 12.9. The van der Waals surface area contributed by atoms with Gasteiger partial charge in [-0.05, 0) is 37.3 Å². The van der Waals surface area contributed by atoms with E-state index in [1.807, 2.05) is 17.0 Å². The second-order valence-electron chi connectivity index (χ2n) is 7.10. The SMILES string of the molecule is CC1CN(C(=O)c2n[nH]c3ccc(O)cc23)CCN1c1ccncc1.O=C(O)C(F)(F)F. The fraction of sp³-hybridized carbons (Fsp3) is 0.300. The summed E-state index contributed by atoms with van der Waals surface area (Å²) in [5.41, 5.74) is 2.21. The molecule has 4 rings (SSSR count). The van der Waals surface area contributed by atoms with E-state index >= 15 is 0 Å². The van der Waals surface area contributed by atoms with Crippen LogP contribution >= 0.6 is 0 Å². The van der Waals surface area contributed by atoms with Gasteiger partial charge in [-0.15, -0.1) is 0 Å². The highest BCUT2D eigenvalue weighted by Gasteiger charge is 2.38. The molecule has 0 saturated carbocycles. The molecule has 1 aromatic carbocycles. The smallest absolute Gasteiger partial charge is 0.490 e. The number of hydrogen-bond acceptors (Lipinski definition) is 6. The summed E-state index contributed by atoms with van der Waals surface area (Å²) in [5.74, 6) is -2.75. The number of carbonyl (C=O) groups is 2. The third-order valence-corrected chi connectivity index (χ3v) is 4.90. The van der Waals surface area contributed by atoms with E-state index in [9.17, 15) is 23.1 Å². The molecule has 0 radical (unpaired) electrons. The van der Waals surface area contributed by atoms with Crippen LogP contribution in [0.1, 0.15) is 17.4 Å². The van der Waals surface area contributed by atoms with Crippen LogP contribution in [0.3, 0.4) is 0 Å². The summed E-state index contributed by atoms with van der Waals surface area (Å²) in [5, 5.41) is 24.5. The van der Waals surface area contributed by atoms with Gasteiger partial charge in [-0.2, -0.15) is 18.3 Å². The number of halogens is 3. The monoisotopic (exact) mass is 451 g/mol. The molecule has 1 unspecified atom stereocenters. The van der Waals surface area contributed by atoms with Gasteiger partial charge in [-0.1, -0.05) is 0 Å². The third-order valence-electron chi connectivity index (χ3n) is 4.90. The summed E-state index contributed by atoms with van der Waals surface area (Å²) < 4.78 is 31.7. The zero-order valence-electron chi connectivity index (χ0n) is 16.9. The Morgan fingerprint density at radius 1 is 1.16 bits per heavy atom. The molecule has 12 heteroatoms. The summed E-state index contributed by atoms with van der Waals surface area (Å²) >= 11 is 0. The minimum atomic E-state index is -5.08. The number of aromatic amines is 1. The predicted octanol–water partition coefficient (Wildman–Crippen LogP) is 2.65. The lowest BCUT2D eigenvalue weighted by atomic mass is 10.1. The topological polar surface area (TPSA) is 123 Å². The van der Waals surface area contributed by atoms with Crippen LogP contribution in [0, 0.1) is 0 Å². The number of pyridine rings is 1. The Morgan fingerprint density at radius 3 is 2.41 bits per heavy atom. The van der Waals surface area contributed by atoms with E-state index < -0.39 is 12.1 Å². The number of rotatable bonds is 2. The van der Waals surface area contributed by atoms with Crippen molar-refractivity contribution >= 4 is 28.5 Å². The number of alkyl halides is 3. The highest BCUT2D eigenvalue weighted by atomic mass is 19.4. The molecule has 1 fully saturated rings. The number of nitrogens with one attached hydrogen (secondary N) is 1. The Balaban J connectivity index is 0.000000360. The number of piperazine rings is 1. The van der Waals surface area contributed by atoms with Crippen LogP contribution in [0.2, 0.25) is 0 Å². The Labute approximate surface area is 180 Å². The number of carbonyl (C=O) groups excluding carboxylic acids is 1. The van der Waals surface area contributed by atoms with Crippen molar-refractivity contribution in [2.45, 2.75) is 19.1 Å². The molecule has 3 aromatic rings. The first-order chi connectivity index (χ1) is 15.1. The highest BCUT2D eigenvalue weighted by Crippen LogP contribution is 2.24. The van der Waals surface area contributed by atoms with Gasteiger partial charge in [-0.25, -0.2) is 4.79 Å². The number of benzene rings is 1. The van der Waals surface area contributed by atoms with Gasteiger partial charge in [-0.3, -0.25) is 14.9 Å². The molecule has 0 spiro atoms. The molecule has 1 amide bonds. The summed E-state index contributed by atoms with van der Waals surface area (Å²) in [6.45, 7) is 4.10. The van der Waals surface area contributed by atoms with E-state index in [1.54, 1.807) is 30.6 Å². The Morgan fingerprint density at radius 2 is 1.81 bits per heavy atom. The lowest BCUT2D eigenvalue weighted by molar-refractivity contribution is -0.192. The van der Waals surface area contributed by atoms with E-state index in [2.05, 4.69) is 27.0 Å². The molecule has 1 atom stereocenters. The first-order valence-electron chi connectivity index (χ1n) is 9.51. The number of fused-ring (bicyclic) bond motifs is 1. The van der Waals surface area contributed by atoms with Gasteiger partial charge in [0.1, 0.15) is 5.75 Å². The summed E-state index contributed by atoms with van der Waals surface area (Å²) in [6, 6.07) is 9.03. The molecule has 1 aliphatic heterocycles. The Hall–Kier alpha value is -3.83. The van der Waals surface area contributed by atoms with Crippen LogP contribution in [0.4, 0.5) is 18.9 Å². The number of H-pyrrole nitrogens is 1. The molecule has 3 heterocycles. The second kappa shape index (κ2) is 9.12. The number of phenolic OH excluding ortho intramolecular Hbond substituents is 1. The summed E-state index contributed by atoms with van der Waals surface area (Å²) in [6.07, 6.45) is -1.52. The number of nitrogens with zero attached hydrogens (tertiary/aromatic N) is 4. The van der Waals surface area contributed by atoms with Crippen LogP contribution < -0.4 is 4.90 Å². The number of aromatic nitrogens is 3. The van der Waals surface area contributed by atoms with E-state index in [-0.39, 0.29) is 17.7 Å². The zero-order chi connectivity index (χ0) is 23.5. The van der Waals surface area contributed by atoms with Crippen molar-refractivity contribution in [3.8, 4) is 5.75 Å². The van der Waals surface area contributed by atoms with E-state index in [4.69, 9.17) is 9.90 Å². The average Bonchev–Trinajstić information content (AvgIpc) is 3.16. The molecule has 32 heavy (non-hydrogen) atoms. The number of phenols is 1. The minimum absolute atomic E-state index is 0.113. The van der Waals surface area contributed by atoms with Crippen molar-refractivity contribution in [1.82, 2.24) is 20.1 Å². The molecule has 0 bridgehead atoms. The van der Waals surface area contributed by atoms with Gasteiger partial charge in [0.2, 0.25) is 0 Å². The number of amides is 1. The van der Waals surface area contributed by atoms with Gasteiger partial charge < -0.3 is 20.0 Å². The molecule has 9 nitrogen and oxygen atoms in total. The summed E-state index contributed by atoms with van der Waals surface area (Å²) in [4.78, 5) is 30.0. The largest absolute Gasteiger partial charge is 0.508 e. The van der Waals surface area contributed by atoms with Gasteiger partial charge in [0.15, 0.2) is 5.69 Å². The van der Waals surface area contributed by atoms with Crippen LogP contribution in [0.15, 0.2) is 42.7 Å². The average molecular weight is 451 g/mol. The zero-order valence-corrected chi connectivity index (χ0v) is 16.9. The standard InChI is InChI=1S/C18H19N5O2.C2HF3O2/c1-12-11-22(8-9-23(12)13-4-6-19-7-5-13)18(25)17-15-10-14(24)2-3-16(15)20-21-17;3-2(4,5)1(6)7/h2-7,10,12,24H,8-9,11H2,1H3,(H,20,21);(H,6,7). The molecular formula is C20H20F3N5O4. The van der Waals surface area contributed by atoms with Crippen molar-refractivity contribution in [3.63, 3.8) is 0 Å². The van der Waals surface area contributed by atoms with Crippen molar-refractivity contribution in [1.29, 1.82) is 0 Å². The van der Waals surface area contributed by atoms with E-state index in [0.717, 1.165) is 17.7 Å². The highest BCUT2D eigenvalue weighted by molar-refractivity contribution is 6.05. The quantitative estimate of drug-likeness (QED) is 0.547. The third kappa shape index (κ3) is 5.07. The number of carboxylic acids is 1. The van der Waals surface area contributed by atoms with Crippen molar-refractivity contribution in [3.05, 3.63) is 48.4 Å². The summed E-state index contributed by atoms with van der Waals surface area (Å²) in [7, 11) is 0. The molecule has 3 N–H and O–H groups in total. The van der Waals surface area contributed by atoms with Crippen molar-refractivity contribution in [2.75, 3.05) is 24.5 Å². The molecule has 2 aromatic heterocycles. The van der Waals surface area contributed by atoms with Crippen LogP contribution in [-0.4, -0.2) is 74.0 Å². The Kier molecular flexibility index (Phi) is 6.51. The van der Waals surface area contributed by atoms with Gasteiger partial charge in [0, 0.05) is 49.1 Å². The van der Waals surface area contributed by atoms with Crippen LogP contribution in [0.5, 0.6) is 5.75 Å². The fourth-order valence-corrected chi connectivity index (χ4v) is 3.38. The maximum Gasteiger partial charge on any atom is 0.490 e. The lowest BCUT2D eigenvalue weighted by Crippen LogP contribution is -2.53. The van der Waals surface area contributed by atoms with Gasteiger partial charge in [0.05, 0.1) is 5.52 Å². The molecule has 1 saturated heterocycles. The van der Waals surface area contributed by atoms with Crippen LogP contribution in [-0.2, 0) is 4.79 Å². The molecule has 170 valence electrons. The van der Waals surface area contributed by atoms with E-state index in [0.29, 0.717) is 24.2 Å². The predicted molar refractivity (Wildman–Crippen MR) is 108 cm³/mol. The first-order valence-corrected chi connectivity index (χ1v) is 9.51. The van der Waals surface area contributed by atoms with E-state index in [1.165, 1.54) is 0 Å². The van der Waals surface area contributed by atoms with Crippen molar-refractivity contribution < 1.29 is 33.0 Å². The number of hydrogen-bond donors (Lipinski definition) is 3. The fourth-order valence-electron chi connectivity index (χ4n) is 3.38. The number of aliphatic carboxylic acids is 1. The molecular weight excluding hydrogens is 431 g/mol. The Bertz CT molecular complexity index is 1100. The van der Waals surface area contributed by atoms with Gasteiger partial charge in [0.25, 0.3) is 5.91 Å². The lowest BCUT2D eigenvalue weighted by Gasteiger charge is -2.41. The minimum Gasteiger partial charge on any atom is -0.508 e. The number of carboxylic acid groups (broad SMARTS) is 1. The van der Waals surface area contributed by atoms with Crippen LogP contribution in [0.25, 0.3) is 10.9 Å². The molecule has 0 aliphatic carbocycles. The maximum absolute atomic E-state index is 12.9. The second-order valence-corrected chi connectivity index (χ2v) is 7.10. The number of aromatic hydroxyl groups is 1.